The van der Waals surface area contributed by atoms with E-state index in [1.807, 2.05) is 12.1 Å². The molecule has 1 aromatic carbocycles. The molecule has 0 aliphatic carbocycles. The molecule has 0 fully saturated rings. The first-order valence-electron chi connectivity index (χ1n) is 7.32. The van der Waals surface area contributed by atoms with Gasteiger partial charge in [-0.05, 0) is 24.6 Å². The van der Waals surface area contributed by atoms with E-state index in [9.17, 15) is 4.79 Å². The Morgan fingerprint density at radius 1 is 1.22 bits per heavy atom. The van der Waals surface area contributed by atoms with E-state index in [4.69, 9.17) is 4.52 Å². The highest BCUT2D eigenvalue weighted by atomic mass is 32.1. The summed E-state index contributed by atoms with van der Waals surface area (Å²) in [5.41, 5.74) is 2.37. The van der Waals surface area contributed by atoms with Crippen molar-refractivity contribution in [2.75, 3.05) is 0 Å². The monoisotopic (exact) mass is 327 g/mol. The van der Waals surface area contributed by atoms with Gasteiger partial charge in [-0.1, -0.05) is 35.0 Å². The van der Waals surface area contributed by atoms with Crippen LogP contribution in [0.5, 0.6) is 0 Å². The molecule has 0 unspecified atom stereocenters. The lowest BCUT2D eigenvalue weighted by Gasteiger charge is -1.97. The summed E-state index contributed by atoms with van der Waals surface area (Å²) in [7, 11) is 0. The molecule has 2 aromatic heterocycles. The fraction of sp³-hybridized carbons (Fsp3) is 0.235. The van der Waals surface area contributed by atoms with E-state index in [0.717, 1.165) is 15.3 Å². The van der Waals surface area contributed by atoms with Crippen LogP contribution in [0.3, 0.4) is 0 Å². The fourth-order valence-corrected chi connectivity index (χ4v) is 2.99. The minimum atomic E-state index is -0.0418. The Morgan fingerprint density at radius 2 is 2.00 bits per heavy atom. The molecule has 6 heteroatoms. The van der Waals surface area contributed by atoms with Gasteiger partial charge in [0, 0.05) is 11.8 Å². The third-order valence-electron chi connectivity index (χ3n) is 3.34. The molecule has 1 amide bonds. The average Bonchev–Trinajstić information content (AvgIpc) is 3.16. The molecule has 5 nitrogen and oxygen atoms in total. The summed E-state index contributed by atoms with van der Waals surface area (Å²) in [5.74, 6) is 1.15. The maximum absolute atomic E-state index is 10.9. The van der Waals surface area contributed by atoms with Crippen LogP contribution in [-0.4, -0.2) is 16.0 Å². The number of nitrogens with zero attached hydrogens (tertiary/aromatic N) is 2. The molecule has 2 heterocycles. The molecule has 118 valence electrons. The lowest BCUT2D eigenvalue weighted by molar-refractivity contribution is -0.119. The summed E-state index contributed by atoms with van der Waals surface area (Å²) in [4.78, 5) is 17.4. The lowest BCUT2D eigenvalue weighted by Crippen LogP contribution is -2.17. The minimum Gasteiger partial charge on any atom is -0.351 e. The van der Waals surface area contributed by atoms with Crippen LogP contribution in [-0.2, 0) is 17.8 Å². The summed E-state index contributed by atoms with van der Waals surface area (Å²) in [5, 5.41) is 6.82. The Balaban J connectivity index is 1.69. The van der Waals surface area contributed by atoms with Crippen LogP contribution in [0.4, 0.5) is 0 Å². The highest BCUT2D eigenvalue weighted by molar-refractivity contribution is 7.15. The van der Waals surface area contributed by atoms with Crippen LogP contribution >= 0.6 is 11.3 Å². The number of aryl methyl sites for hydroxylation is 1. The Hall–Kier alpha value is -2.47. The topological polar surface area (TPSA) is 68.0 Å². The third kappa shape index (κ3) is 4.04. The van der Waals surface area contributed by atoms with Gasteiger partial charge in [0.05, 0.1) is 17.8 Å². The highest BCUT2D eigenvalue weighted by Gasteiger charge is 2.11. The molecule has 3 rings (SSSR count). The Labute approximate surface area is 138 Å². The molecule has 0 saturated heterocycles. The molecule has 0 saturated carbocycles. The van der Waals surface area contributed by atoms with Crippen molar-refractivity contribution in [1.82, 2.24) is 15.5 Å². The van der Waals surface area contributed by atoms with E-state index in [1.165, 1.54) is 12.5 Å². The molecule has 0 bridgehead atoms. The standard InChI is InChI=1S/C17H17N3O2S/c1-11-3-5-13(6-4-11)9-16-19-17(20-22-16)15-8-7-14(23-15)10-18-12(2)21/h3-8H,9-10H2,1-2H3,(H,18,21). The molecule has 23 heavy (non-hydrogen) atoms. The number of rotatable bonds is 5. The van der Waals surface area contributed by atoms with Gasteiger partial charge in [-0.25, -0.2) is 0 Å². The van der Waals surface area contributed by atoms with E-state index in [2.05, 4.69) is 46.6 Å². The predicted octanol–water partition coefficient (Wildman–Crippen LogP) is 3.33. The number of carbonyl (C=O) groups is 1. The van der Waals surface area contributed by atoms with Gasteiger partial charge in [0.2, 0.25) is 17.6 Å². The summed E-state index contributed by atoms with van der Waals surface area (Å²) < 4.78 is 5.34. The molecule has 0 aliphatic heterocycles. The normalized spacial score (nSPS) is 10.7. The summed E-state index contributed by atoms with van der Waals surface area (Å²) in [6, 6.07) is 12.2. The van der Waals surface area contributed by atoms with Gasteiger partial charge in [0.25, 0.3) is 0 Å². The number of hydrogen-bond acceptors (Lipinski definition) is 5. The summed E-state index contributed by atoms with van der Waals surface area (Å²) >= 11 is 1.55. The zero-order chi connectivity index (χ0) is 16.2. The van der Waals surface area contributed by atoms with Crippen molar-refractivity contribution < 1.29 is 9.32 Å². The highest BCUT2D eigenvalue weighted by Crippen LogP contribution is 2.26. The summed E-state index contributed by atoms with van der Waals surface area (Å²) in [6.07, 6.45) is 0.622. The van der Waals surface area contributed by atoms with E-state index >= 15 is 0 Å². The SMILES string of the molecule is CC(=O)NCc1ccc(-c2noc(Cc3ccc(C)cc3)n2)s1. The molecule has 1 N–H and O–H groups in total. The number of thiophene rings is 1. The van der Waals surface area contributed by atoms with Crippen molar-refractivity contribution in [3.05, 3.63) is 58.3 Å². The quantitative estimate of drug-likeness (QED) is 0.780. The van der Waals surface area contributed by atoms with E-state index in [1.54, 1.807) is 11.3 Å². The van der Waals surface area contributed by atoms with Crippen LogP contribution in [0.15, 0.2) is 40.9 Å². The van der Waals surface area contributed by atoms with E-state index in [0.29, 0.717) is 24.7 Å². The van der Waals surface area contributed by atoms with Crippen LogP contribution in [0.25, 0.3) is 10.7 Å². The lowest BCUT2D eigenvalue weighted by atomic mass is 10.1. The first-order valence-corrected chi connectivity index (χ1v) is 8.13. The third-order valence-corrected chi connectivity index (χ3v) is 4.42. The van der Waals surface area contributed by atoms with Crippen molar-refractivity contribution in [2.45, 2.75) is 26.8 Å². The first kappa shape index (κ1) is 15.4. The van der Waals surface area contributed by atoms with Gasteiger partial charge < -0.3 is 9.84 Å². The second-order valence-electron chi connectivity index (χ2n) is 5.35. The van der Waals surface area contributed by atoms with Crippen LogP contribution < -0.4 is 5.32 Å². The molecule has 0 atom stereocenters. The Kier molecular flexibility index (Phi) is 4.52. The van der Waals surface area contributed by atoms with Gasteiger partial charge in [0.1, 0.15) is 0 Å². The smallest absolute Gasteiger partial charge is 0.231 e. The molecule has 0 radical (unpaired) electrons. The number of hydrogen-bond donors (Lipinski definition) is 1. The Morgan fingerprint density at radius 3 is 2.74 bits per heavy atom. The van der Waals surface area contributed by atoms with Crippen LogP contribution in [0, 0.1) is 6.92 Å². The average molecular weight is 327 g/mol. The predicted molar refractivity (Wildman–Crippen MR) is 89.1 cm³/mol. The number of benzene rings is 1. The second-order valence-corrected chi connectivity index (χ2v) is 6.52. The Bertz CT molecular complexity index is 805. The maximum atomic E-state index is 10.9. The molecule has 3 aromatic rings. The summed E-state index contributed by atoms with van der Waals surface area (Å²) in [6.45, 7) is 4.09. The van der Waals surface area contributed by atoms with Gasteiger partial charge in [0.15, 0.2) is 0 Å². The first-order chi connectivity index (χ1) is 11.1. The van der Waals surface area contributed by atoms with Gasteiger partial charge in [-0.3, -0.25) is 4.79 Å². The van der Waals surface area contributed by atoms with Crippen LogP contribution in [0.2, 0.25) is 0 Å². The van der Waals surface area contributed by atoms with E-state index in [-0.39, 0.29) is 5.91 Å². The zero-order valence-electron chi connectivity index (χ0n) is 13.0. The minimum absolute atomic E-state index is 0.0418. The van der Waals surface area contributed by atoms with Gasteiger partial charge in [-0.2, -0.15) is 4.98 Å². The van der Waals surface area contributed by atoms with Gasteiger partial charge in [-0.15, -0.1) is 11.3 Å². The largest absolute Gasteiger partial charge is 0.351 e. The van der Waals surface area contributed by atoms with Crippen molar-refractivity contribution in [3.63, 3.8) is 0 Å². The molecular weight excluding hydrogens is 310 g/mol. The fourth-order valence-electron chi connectivity index (χ4n) is 2.11. The number of nitrogens with one attached hydrogen (secondary N) is 1. The zero-order valence-corrected chi connectivity index (χ0v) is 13.8. The number of carbonyl (C=O) groups excluding carboxylic acids is 1. The molecule has 0 spiro atoms. The molecular formula is C17H17N3O2S. The molecule has 0 aliphatic rings. The number of aromatic nitrogens is 2. The van der Waals surface area contributed by atoms with E-state index < -0.39 is 0 Å². The van der Waals surface area contributed by atoms with Crippen molar-refractivity contribution in [3.8, 4) is 10.7 Å². The van der Waals surface area contributed by atoms with Crippen molar-refractivity contribution in [1.29, 1.82) is 0 Å². The number of amides is 1. The maximum Gasteiger partial charge on any atom is 0.231 e. The van der Waals surface area contributed by atoms with Gasteiger partial charge >= 0.3 is 0 Å². The van der Waals surface area contributed by atoms with Crippen LogP contribution in [0.1, 0.15) is 28.8 Å². The van der Waals surface area contributed by atoms with Crippen molar-refractivity contribution >= 4 is 17.2 Å². The second kappa shape index (κ2) is 6.75. The van der Waals surface area contributed by atoms with Crippen molar-refractivity contribution in [2.24, 2.45) is 0 Å².